The number of thiazole rings is 1. The first kappa shape index (κ1) is 15.9. The molecule has 0 saturated carbocycles. The smallest absolute Gasteiger partial charge is 0.267 e. The van der Waals surface area contributed by atoms with E-state index in [1.54, 1.807) is 23.5 Å². The summed E-state index contributed by atoms with van der Waals surface area (Å²) < 4.78 is 2.29. The van der Waals surface area contributed by atoms with Gasteiger partial charge < -0.3 is 0 Å². The van der Waals surface area contributed by atoms with Gasteiger partial charge in [-0.3, -0.25) is 9.36 Å². The van der Waals surface area contributed by atoms with Crippen molar-refractivity contribution in [3.8, 4) is 17.8 Å². The number of para-hydroxylation sites is 1. The molecule has 1 aromatic carbocycles. The second-order valence-electron chi connectivity index (χ2n) is 4.96. The van der Waals surface area contributed by atoms with Crippen LogP contribution in [0.4, 0.5) is 0 Å². The van der Waals surface area contributed by atoms with Gasteiger partial charge in [-0.25, -0.2) is 0 Å². The summed E-state index contributed by atoms with van der Waals surface area (Å²) in [4.78, 5) is 13.9. The quantitative estimate of drug-likeness (QED) is 0.713. The molecule has 0 unspecified atom stereocenters. The van der Waals surface area contributed by atoms with Crippen LogP contribution in [-0.2, 0) is 0 Å². The highest BCUT2D eigenvalue weighted by molar-refractivity contribution is 7.11. The summed E-state index contributed by atoms with van der Waals surface area (Å²) in [6.07, 6.45) is 1.82. The fourth-order valence-electron chi connectivity index (χ4n) is 2.23. The van der Waals surface area contributed by atoms with E-state index in [1.165, 1.54) is 4.57 Å². The molecule has 0 aliphatic rings. The van der Waals surface area contributed by atoms with Crippen LogP contribution in [0, 0.1) is 29.6 Å². The molecule has 0 fully saturated rings. The van der Waals surface area contributed by atoms with Crippen molar-refractivity contribution < 1.29 is 0 Å². The van der Waals surface area contributed by atoms with E-state index in [4.69, 9.17) is 0 Å². The van der Waals surface area contributed by atoms with Gasteiger partial charge in [-0.05, 0) is 42.1 Å². The lowest BCUT2D eigenvalue weighted by molar-refractivity contribution is 0.988. The predicted octanol–water partition coefficient (Wildman–Crippen LogP) is 2.30. The largest absolute Gasteiger partial charge is 0.273 e. The molecule has 3 aromatic rings. The molecule has 0 spiro atoms. The Hall–Kier alpha value is -2.93. The SMILES string of the molecule is Cc1ccsc1/C=c1\sc(=C(C#N)C#N)n(-c2ccccc2)c1=O. The number of hydrogen-bond acceptors (Lipinski definition) is 5. The van der Waals surface area contributed by atoms with Crippen molar-refractivity contribution in [2.24, 2.45) is 0 Å². The minimum atomic E-state index is -0.225. The third-order valence-corrected chi connectivity index (χ3v) is 5.50. The topological polar surface area (TPSA) is 69.6 Å². The lowest BCUT2D eigenvalue weighted by Crippen LogP contribution is -2.30. The average molecular weight is 349 g/mol. The number of aromatic nitrogens is 1. The lowest BCUT2D eigenvalue weighted by Gasteiger charge is -2.00. The Balaban J connectivity index is 2.43. The molecule has 0 atom stereocenters. The average Bonchev–Trinajstić information content (AvgIpc) is 3.14. The minimum Gasteiger partial charge on any atom is -0.267 e. The summed E-state index contributed by atoms with van der Waals surface area (Å²) in [5.74, 6) is 0. The molecule has 0 bridgehead atoms. The van der Waals surface area contributed by atoms with Crippen molar-refractivity contribution in [3.63, 3.8) is 0 Å². The van der Waals surface area contributed by atoms with E-state index >= 15 is 0 Å². The van der Waals surface area contributed by atoms with E-state index in [0.717, 1.165) is 21.8 Å². The van der Waals surface area contributed by atoms with Crippen molar-refractivity contribution in [2.45, 2.75) is 6.92 Å². The summed E-state index contributed by atoms with van der Waals surface area (Å²) in [6, 6.07) is 14.8. The summed E-state index contributed by atoms with van der Waals surface area (Å²) in [5, 5.41) is 20.4. The van der Waals surface area contributed by atoms with E-state index < -0.39 is 0 Å². The maximum absolute atomic E-state index is 12.9. The van der Waals surface area contributed by atoms with Crippen LogP contribution in [0.15, 0.2) is 46.6 Å². The number of nitriles is 2. The Bertz CT molecular complexity index is 1140. The summed E-state index contributed by atoms with van der Waals surface area (Å²) in [7, 11) is 0. The van der Waals surface area contributed by atoms with Gasteiger partial charge in [-0.15, -0.1) is 22.7 Å². The minimum absolute atomic E-state index is 0.0662. The van der Waals surface area contributed by atoms with Gasteiger partial charge in [0.2, 0.25) is 0 Å². The monoisotopic (exact) mass is 349 g/mol. The van der Waals surface area contributed by atoms with Gasteiger partial charge in [-0.2, -0.15) is 10.5 Å². The molecule has 0 N–H and O–H groups in total. The van der Waals surface area contributed by atoms with E-state index in [1.807, 2.05) is 54.8 Å². The normalized spacial score (nSPS) is 11.0. The number of hydrogen-bond donors (Lipinski definition) is 0. The van der Waals surface area contributed by atoms with Crippen LogP contribution in [0.2, 0.25) is 0 Å². The second kappa shape index (κ2) is 6.67. The van der Waals surface area contributed by atoms with E-state index in [0.29, 0.717) is 14.9 Å². The Labute approximate surface area is 146 Å². The zero-order chi connectivity index (χ0) is 17.1. The Morgan fingerprint density at radius 3 is 2.46 bits per heavy atom. The van der Waals surface area contributed by atoms with Crippen molar-refractivity contribution in [1.82, 2.24) is 4.57 Å². The van der Waals surface area contributed by atoms with Gasteiger partial charge in [0.25, 0.3) is 5.56 Å². The zero-order valence-corrected chi connectivity index (χ0v) is 14.3. The van der Waals surface area contributed by atoms with Gasteiger partial charge in [-0.1, -0.05) is 18.2 Å². The highest BCUT2D eigenvalue weighted by Gasteiger charge is 2.11. The van der Waals surface area contributed by atoms with Crippen molar-refractivity contribution in [2.75, 3.05) is 0 Å². The van der Waals surface area contributed by atoms with Gasteiger partial charge >= 0.3 is 0 Å². The predicted molar refractivity (Wildman–Crippen MR) is 96.4 cm³/mol. The third-order valence-electron chi connectivity index (χ3n) is 3.44. The van der Waals surface area contributed by atoms with E-state index in [-0.39, 0.29) is 11.1 Å². The molecule has 6 heteroatoms. The number of aryl methyl sites for hydroxylation is 1. The zero-order valence-electron chi connectivity index (χ0n) is 12.7. The van der Waals surface area contributed by atoms with Crippen LogP contribution in [0.1, 0.15) is 10.4 Å². The number of rotatable bonds is 2. The number of benzene rings is 1. The van der Waals surface area contributed by atoms with Crippen molar-refractivity contribution >= 4 is 34.3 Å². The number of nitrogens with zero attached hydrogens (tertiary/aromatic N) is 3. The second-order valence-corrected chi connectivity index (χ2v) is 6.94. The number of thiophene rings is 1. The van der Waals surface area contributed by atoms with Gasteiger partial charge in [0, 0.05) is 4.88 Å². The van der Waals surface area contributed by atoms with Crippen molar-refractivity contribution in [3.05, 3.63) is 71.8 Å². The highest BCUT2D eigenvalue weighted by Crippen LogP contribution is 2.15. The fraction of sp³-hybridized carbons (Fsp3) is 0.0556. The van der Waals surface area contributed by atoms with Crippen LogP contribution >= 0.6 is 22.7 Å². The molecule has 0 radical (unpaired) electrons. The summed E-state index contributed by atoms with van der Waals surface area (Å²) in [5.41, 5.74) is 1.44. The molecule has 0 saturated heterocycles. The van der Waals surface area contributed by atoms with Gasteiger partial charge in [0.15, 0.2) is 5.57 Å². The third kappa shape index (κ3) is 2.81. The molecular formula is C18H11N3OS2. The molecule has 2 aromatic heterocycles. The van der Waals surface area contributed by atoms with E-state index in [2.05, 4.69) is 0 Å². The van der Waals surface area contributed by atoms with Crippen LogP contribution in [0.5, 0.6) is 0 Å². The fourth-order valence-corrected chi connectivity index (χ4v) is 4.20. The van der Waals surface area contributed by atoms with Crippen LogP contribution in [0.25, 0.3) is 17.3 Å². The molecule has 116 valence electrons. The maximum Gasteiger partial charge on any atom is 0.273 e. The van der Waals surface area contributed by atoms with Crippen LogP contribution < -0.4 is 14.8 Å². The van der Waals surface area contributed by atoms with Crippen LogP contribution in [-0.4, -0.2) is 4.57 Å². The first-order valence-corrected chi connectivity index (χ1v) is 8.73. The Morgan fingerprint density at radius 2 is 1.88 bits per heavy atom. The van der Waals surface area contributed by atoms with Gasteiger partial charge in [0.05, 0.1) is 10.2 Å². The maximum atomic E-state index is 12.9. The summed E-state index contributed by atoms with van der Waals surface area (Å²) >= 11 is 2.71. The van der Waals surface area contributed by atoms with Gasteiger partial charge in [0.1, 0.15) is 16.8 Å². The highest BCUT2D eigenvalue weighted by atomic mass is 32.1. The first-order valence-electron chi connectivity index (χ1n) is 7.03. The molecule has 2 heterocycles. The van der Waals surface area contributed by atoms with Crippen LogP contribution in [0.3, 0.4) is 0 Å². The molecule has 0 amide bonds. The molecule has 3 rings (SSSR count). The summed E-state index contributed by atoms with van der Waals surface area (Å²) in [6.45, 7) is 1.98. The molecular weight excluding hydrogens is 338 g/mol. The molecule has 0 aliphatic carbocycles. The lowest BCUT2D eigenvalue weighted by atomic mass is 10.3. The van der Waals surface area contributed by atoms with Crippen molar-refractivity contribution in [1.29, 1.82) is 10.5 Å². The molecule has 4 nitrogen and oxygen atoms in total. The Kier molecular flexibility index (Phi) is 4.43. The molecule has 0 aliphatic heterocycles. The van der Waals surface area contributed by atoms with E-state index in [9.17, 15) is 15.3 Å². The standard InChI is InChI=1S/C18H11N3OS2/c1-12-7-8-23-15(12)9-16-17(22)21(14-5-3-2-4-6-14)18(24-16)13(10-19)11-20/h2-9H,1H3/b16-9-. The Morgan fingerprint density at radius 1 is 1.17 bits per heavy atom. The first-order chi connectivity index (χ1) is 11.7. The molecule has 24 heavy (non-hydrogen) atoms.